The van der Waals surface area contributed by atoms with Gasteiger partial charge in [-0.15, -0.1) is 0 Å². The van der Waals surface area contributed by atoms with Gasteiger partial charge in [0.15, 0.2) is 0 Å². The van der Waals surface area contributed by atoms with Gasteiger partial charge in [0.2, 0.25) is 0 Å². The molecule has 0 amide bonds. The first-order valence-corrected chi connectivity index (χ1v) is 7.24. The van der Waals surface area contributed by atoms with E-state index < -0.39 is 0 Å². The molecule has 1 fully saturated rings. The predicted molar refractivity (Wildman–Crippen MR) is 74.1 cm³/mol. The van der Waals surface area contributed by atoms with Gasteiger partial charge in [0.1, 0.15) is 12.1 Å². The van der Waals surface area contributed by atoms with Crippen molar-refractivity contribution in [2.24, 2.45) is 11.8 Å². The highest BCUT2D eigenvalue weighted by Crippen LogP contribution is 2.45. The summed E-state index contributed by atoms with van der Waals surface area (Å²) in [5.74, 6) is 0.457. The van der Waals surface area contributed by atoms with Crippen LogP contribution in [0.25, 0.3) is 5.57 Å². The normalized spacial score (nSPS) is 24.2. The highest BCUT2D eigenvalue weighted by molar-refractivity contribution is 5.84. The minimum absolute atomic E-state index is 0.0149. The summed E-state index contributed by atoms with van der Waals surface area (Å²) in [4.78, 5) is 11.3. The largest absolute Gasteiger partial charge is 0.303 e. The Balaban J connectivity index is 2.01. The molecule has 100 valence electrons. The minimum Gasteiger partial charge on any atom is -0.303 e. The lowest BCUT2D eigenvalue weighted by Gasteiger charge is -2.16. The number of allylic oxidation sites excluding steroid dienone is 2. The van der Waals surface area contributed by atoms with Crippen LogP contribution >= 0.6 is 0 Å². The standard InChI is InChI=1S/C17H19FO/c18-15-8-5-13(6-9-15)17-14(11-19)7-10-16(17)12-3-1-2-4-12/h5-6,8-9,11-12,14H,1-4,7,10H2. The van der Waals surface area contributed by atoms with Gasteiger partial charge in [-0.3, -0.25) is 0 Å². The van der Waals surface area contributed by atoms with Crippen LogP contribution in [0.1, 0.15) is 44.1 Å². The van der Waals surface area contributed by atoms with Crippen LogP contribution in [0.5, 0.6) is 0 Å². The molecule has 0 saturated heterocycles. The lowest BCUT2D eigenvalue weighted by Crippen LogP contribution is -2.03. The Hall–Kier alpha value is -1.44. The molecule has 1 nitrogen and oxygen atoms in total. The number of aldehydes is 1. The van der Waals surface area contributed by atoms with Crippen LogP contribution in [-0.4, -0.2) is 6.29 Å². The fourth-order valence-corrected chi connectivity index (χ4v) is 3.69. The van der Waals surface area contributed by atoms with E-state index in [2.05, 4.69) is 0 Å². The van der Waals surface area contributed by atoms with Gasteiger partial charge in [-0.2, -0.15) is 0 Å². The molecule has 2 aliphatic rings. The molecule has 0 N–H and O–H groups in total. The lowest BCUT2D eigenvalue weighted by atomic mass is 9.89. The molecule has 0 bridgehead atoms. The van der Waals surface area contributed by atoms with Gasteiger partial charge in [-0.25, -0.2) is 4.39 Å². The van der Waals surface area contributed by atoms with Crippen LogP contribution in [-0.2, 0) is 4.79 Å². The third-order valence-corrected chi connectivity index (χ3v) is 4.61. The van der Waals surface area contributed by atoms with Crippen molar-refractivity contribution >= 4 is 11.9 Å². The van der Waals surface area contributed by atoms with Crippen molar-refractivity contribution in [2.45, 2.75) is 38.5 Å². The van der Waals surface area contributed by atoms with E-state index >= 15 is 0 Å². The maximum atomic E-state index is 13.1. The highest BCUT2D eigenvalue weighted by atomic mass is 19.1. The summed E-state index contributed by atoms with van der Waals surface area (Å²) in [5.41, 5.74) is 3.71. The summed E-state index contributed by atoms with van der Waals surface area (Å²) < 4.78 is 13.1. The summed E-state index contributed by atoms with van der Waals surface area (Å²) in [6.45, 7) is 0. The molecule has 0 heterocycles. The Morgan fingerprint density at radius 1 is 1.05 bits per heavy atom. The maximum Gasteiger partial charge on any atom is 0.127 e. The molecule has 2 heteroatoms. The summed E-state index contributed by atoms with van der Waals surface area (Å²) in [5, 5.41) is 0. The van der Waals surface area contributed by atoms with Crippen molar-refractivity contribution in [3.8, 4) is 0 Å². The molecule has 0 spiro atoms. The fourth-order valence-electron chi connectivity index (χ4n) is 3.69. The zero-order valence-corrected chi connectivity index (χ0v) is 11.1. The summed E-state index contributed by atoms with van der Waals surface area (Å²) in [6, 6.07) is 6.63. The number of hydrogen-bond acceptors (Lipinski definition) is 1. The van der Waals surface area contributed by atoms with Crippen LogP contribution < -0.4 is 0 Å². The topological polar surface area (TPSA) is 17.1 Å². The number of carbonyl (C=O) groups excluding carboxylic acids is 1. The Labute approximate surface area is 113 Å². The lowest BCUT2D eigenvalue weighted by molar-refractivity contribution is -0.109. The molecule has 19 heavy (non-hydrogen) atoms. The molecule has 1 aromatic rings. The third-order valence-electron chi connectivity index (χ3n) is 4.61. The first-order chi connectivity index (χ1) is 9.29. The summed E-state index contributed by atoms with van der Waals surface area (Å²) >= 11 is 0. The molecular formula is C17H19FO. The average Bonchev–Trinajstić information content (AvgIpc) is 3.08. The van der Waals surface area contributed by atoms with Crippen molar-refractivity contribution in [3.63, 3.8) is 0 Å². The zero-order valence-electron chi connectivity index (χ0n) is 11.1. The Kier molecular flexibility index (Phi) is 3.50. The number of hydrogen-bond donors (Lipinski definition) is 0. The number of rotatable bonds is 3. The van der Waals surface area contributed by atoms with E-state index in [0.717, 1.165) is 24.7 Å². The molecule has 0 radical (unpaired) electrons. The van der Waals surface area contributed by atoms with Gasteiger partial charge in [-0.1, -0.05) is 30.5 Å². The van der Waals surface area contributed by atoms with E-state index in [1.807, 2.05) is 12.1 Å². The molecule has 0 aliphatic heterocycles. The van der Waals surface area contributed by atoms with Crippen molar-refractivity contribution in [2.75, 3.05) is 0 Å². The second-order valence-corrected chi connectivity index (χ2v) is 5.71. The molecule has 2 aliphatic carbocycles. The van der Waals surface area contributed by atoms with Gasteiger partial charge >= 0.3 is 0 Å². The van der Waals surface area contributed by atoms with Crippen molar-refractivity contribution in [1.82, 2.24) is 0 Å². The molecule has 0 aromatic heterocycles. The predicted octanol–water partition coefficient (Wildman–Crippen LogP) is 4.38. The van der Waals surface area contributed by atoms with Crippen LogP contribution in [0.2, 0.25) is 0 Å². The first kappa shape index (κ1) is 12.6. The van der Waals surface area contributed by atoms with Crippen molar-refractivity contribution in [1.29, 1.82) is 0 Å². The number of halogens is 1. The number of carbonyl (C=O) groups is 1. The van der Waals surface area contributed by atoms with E-state index in [4.69, 9.17) is 0 Å². The van der Waals surface area contributed by atoms with Gasteiger partial charge in [0.05, 0.1) is 0 Å². The molecule has 1 atom stereocenters. The molecule has 1 unspecified atom stereocenters. The van der Waals surface area contributed by atoms with E-state index in [0.29, 0.717) is 5.92 Å². The van der Waals surface area contributed by atoms with Crippen LogP contribution in [0, 0.1) is 17.7 Å². The summed E-state index contributed by atoms with van der Waals surface area (Å²) in [6.07, 6.45) is 8.16. The first-order valence-electron chi connectivity index (χ1n) is 7.24. The highest BCUT2D eigenvalue weighted by Gasteiger charge is 2.31. The van der Waals surface area contributed by atoms with E-state index in [1.165, 1.54) is 49.0 Å². The molecule has 3 rings (SSSR count). The van der Waals surface area contributed by atoms with Crippen LogP contribution in [0.4, 0.5) is 4.39 Å². The van der Waals surface area contributed by atoms with E-state index in [-0.39, 0.29) is 11.7 Å². The summed E-state index contributed by atoms with van der Waals surface area (Å²) in [7, 11) is 0. The van der Waals surface area contributed by atoms with E-state index in [9.17, 15) is 9.18 Å². The van der Waals surface area contributed by atoms with Gasteiger partial charge in [0, 0.05) is 5.92 Å². The Morgan fingerprint density at radius 2 is 1.74 bits per heavy atom. The fraction of sp³-hybridized carbons (Fsp3) is 0.471. The zero-order chi connectivity index (χ0) is 13.2. The second kappa shape index (κ2) is 5.28. The minimum atomic E-state index is -0.215. The quantitative estimate of drug-likeness (QED) is 0.735. The second-order valence-electron chi connectivity index (χ2n) is 5.71. The average molecular weight is 258 g/mol. The van der Waals surface area contributed by atoms with E-state index in [1.54, 1.807) is 0 Å². The van der Waals surface area contributed by atoms with Gasteiger partial charge in [0.25, 0.3) is 0 Å². The van der Waals surface area contributed by atoms with Crippen LogP contribution in [0.15, 0.2) is 29.8 Å². The molecule has 1 aromatic carbocycles. The monoisotopic (exact) mass is 258 g/mol. The maximum absolute atomic E-state index is 13.1. The Bertz CT molecular complexity index is 494. The van der Waals surface area contributed by atoms with Crippen molar-refractivity contribution < 1.29 is 9.18 Å². The van der Waals surface area contributed by atoms with Crippen LogP contribution in [0.3, 0.4) is 0 Å². The van der Waals surface area contributed by atoms with Gasteiger partial charge < -0.3 is 4.79 Å². The van der Waals surface area contributed by atoms with Gasteiger partial charge in [-0.05, 0) is 54.9 Å². The third kappa shape index (κ3) is 2.36. The smallest absolute Gasteiger partial charge is 0.127 e. The number of benzene rings is 1. The molecular weight excluding hydrogens is 239 g/mol. The molecule has 1 saturated carbocycles. The SMILES string of the molecule is O=CC1CCC(C2CCCC2)=C1c1ccc(F)cc1. The van der Waals surface area contributed by atoms with Crippen molar-refractivity contribution in [3.05, 3.63) is 41.2 Å². The Morgan fingerprint density at radius 3 is 2.37 bits per heavy atom.